The van der Waals surface area contributed by atoms with Gasteiger partial charge in [-0.15, -0.1) is 0 Å². The lowest BCUT2D eigenvalue weighted by Gasteiger charge is -2.30. The molecule has 126 valence electrons. The van der Waals surface area contributed by atoms with E-state index in [1.165, 1.54) is 11.1 Å². The van der Waals surface area contributed by atoms with Crippen molar-refractivity contribution in [3.05, 3.63) is 58.6 Å². The predicted octanol–water partition coefficient (Wildman–Crippen LogP) is 3.52. The van der Waals surface area contributed by atoms with Crippen LogP contribution in [0.1, 0.15) is 5.56 Å². The maximum atomic E-state index is 12.8. The fraction of sp³-hybridized carbons (Fsp3) is 0.111. The van der Waals surface area contributed by atoms with Crippen LogP contribution >= 0.6 is 28.1 Å². The summed E-state index contributed by atoms with van der Waals surface area (Å²) < 4.78 is 0.865. The summed E-state index contributed by atoms with van der Waals surface area (Å²) in [5.41, 5.74) is 2.32. The van der Waals surface area contributed by atoms with E-state index in [9.17, 15) is 9.59 Å². The highest BCUT2D eigenvalue weighted by Crippen LogP contribution is 2.22. The van der Waals surface area contributed by atoms with Crippen LogP contribution in [0.5, 0.6) is 0 Å². The number of benzene rings is 2. The van der Waals surface area contributed by atoms with Crippen molar-refractivity contribution < 1.29 is 9.59 Å². The van der Waals surface area contributed by atoms with E-state index in [0.717, 1.165) is 10.0 Å². The maximum absolute atomic E-state index is 12.8. The second-order valence-corrected chi connectivity index (χ2v) is 6.84. The molecule has 1 saturated heterocycles. The number of rotatable bonds is 3. The number of halogens is 1. The summed E-state index contributed by atoms with van der Waals surface area (Å²) in [5.74, 6) is -1.93. The fourth-order valence-electron chi connectivity index (χ4n) is 2.38. The summed E-state index contributed by atoms with van der Waals surface area (Å²) in [7, 11) is 0. The Hall–Kier alpha value is -2.38. The smallest absolute Gasteiger partial charge is 0.251 e. The van der Waals surface area contributed by atoms with Gasteiger partial charge in [0.15, 0.2) is 11.0 Å². The van der Waals surface area contributed by atoms with E-state index in [-0.39, 0.29) is 5.11 Å². The highest BCUT2D eigenvalue weighted by molar-refractivity contribution is 9.10. The molecule has 0 spiro atoms. The first kappa shape index (κ1) is 17.4. The molecule has 0 aromatic heterocycles. The zero-order valence-corrected chi connectivity index (χ0v) is 15.7. The van der Waals surface area contributed by atoms with E-state index in [4.69, 9.17) is 12.2 Å². The maximum Gasteiger partial charge on any atom is 0.251 e. The van der Waals surface area contributed by atoms with Gasteiger partial charge >= 0.3 is 0 Å². The number of amides is 2. The molecule has 1 fully saturated rings. The van der Waals surface area contributed by atoms with Gasteiger partial charge in [0.05, 0.1) is 11.4 Å². The lowest BCUT2D eigenvalue weighted by Crippen LogP contribution is -2.58. The number of anilines is 1. The Kier molecular flexibility index (Phi) is 5.06. The van der Waals surface area contributed by atoms with Crippen LogP contribution in [0, 0.1) is 12.8 Å². The molecular weight excluding hydrogens is 402 g/mol. The van der Waals surface area contributed by atoms with Crippen LogP contribution in [0.3, 0.4) is 0 Å². The van der Waals surface area contributed by atoms with Gasteiger partial charge in [0.25, 0.3) is 5.91 Å². The number of aliphatic imine (C=N–C) groups is 1. The van der Waals surface area contributed by atoms with Gasteiger partial charge in [0.1, 0.15) is 0 Å². The SMILES string of the molecule is Cc1ccc(N2C(=O)[C@H](C=Nc3cccc(Br)c3)C(=O)NC2=S)cc1. The Balaban J connectivity index is 1.89. The van der Waals surface area contributed by atoms with Gasteiger partial charge in [-0.3, -0.25) is 19.5 Å². The third-order valence-electron chi connectivity index (χ3n) is 3.68. The predicted molar refractivity (Wildman–Crippen MR) is 105 cm³/mol. The molecule has 1 aliphatic heterocycles. The van der Waals surface area contributed by atoms with E-state index in [2.05, 4.69) is 26.2 Å². The van der Waals surface area contributed by atoms with Gasteiger partial charge in [-0.05, 0) is 49.5 Å². The van der Waals surface area contributed by atoms with Crippen molar-refractivity contribution in [2.75, 3.05) is 4.90 Å². The number of hydrogen-bond donors (Lipinski definition) is 1. The quantitative estimate of drug-likeness (QED) is 0.473. The summed E-state index contributed by atoms with van der Waals surface area (Å²) in [6, 6.07) is 14.6. The highest BCUT2D eigenvalue weighted by Gasteiger charge is 2.38. The van der Waals surface area contributed by atoms with Crippen LogP contribution in [-0.4, -0.2) is 23.1 Å². The molecule has 0 saturated carbocycles. The summed E-state index contributed by atoms with van der Waals surface area (Å²) in [5, 5.41) is 2.64. The molecule has 2 aromatic carbocycles. The summed E-state index contributed by atoms with van der Waals surface area (Å²) in [6.45, 7) is 1.95. The van der Waals surface area contributed by atoms with Crippen molar-refractivity contribution in [3.8, 4) is 0 Å². The van der Waals surface area contributed by atoms with Crippen molar-refractivity contribution in [2.45, 2.75) is 6.92 Å². The van der Waals surface area contributed by atoms with E-state index in [1.807, 2.05) is 31.2 Å². The molecule has 2 aromatic rings. The van der Waals surface area contributed by atoms with Gasteiger partial charge in [0, 0.05) is 10.7 Å². The zero-order valence-electron chi connectivity index (χ0n) is 13.3. The van der Waals surface area contributed by atoms with Crippen LogP contribution in [0.25, 0.3) is 0 Å². The molecule has 1 heterocycles. The van der Waals surface area contributed by atoms with E-state index in [1.54, 1.807) is 24.3 Å². The molecule has 5 nitrogen and oxygen atoms in total. The topological polar surface area (TPSA) is 61.8 Å². The fourth-order valence-corrected chi connectivity index (χ4v) is 3.06. The molecule has 1 atom stereocenters. The lowest BCUT2D eigenvalue weighted by molar-refractivity contribution is -0.130. The number of nitrogens with zero attached hydrogens (tertiary/aromatic N) is 2. The number of hydrogen-bond acceptors (Lipinski definition) is 4. The van der Waals surface area contributed by atoms with Crippen molar-refractivity contribution >= 4 is 62.7 Å². The molecule has 0 radical (unpaired) electrons. The number of carbonyl (C=O) groups is 2. The zero-order chi connectivity index (χ0) is 18.0. The molecule has 0 unspecified atom stereocenters. The van der Waals surface area contributed by atoms with Crippen LogP contribution < -0.4 is 10.2 Å². The minimum atomic E-state index is -1.04. The van der Waals surface area contributed by atoms with Crippen molar-refractivity contribution in [1.29, 1.82) is 0 Å². The van der Waals surface area contributed by atoms with Crippen LogP contribution in [-0.2, 0) is 9.59 Å². The van der Waals surface area contributed by atoms with Crippen molar-refractivity contribution in [3.63, 3.8) is 0 Å². The van der Waals surface area contributed by atoms with Crippen molar-refractivity contribution in [1.82, 2.24) is 5.32 Å². The second kappa shape index (κ2) is 7.25. The Morgan fingerprint density at radius 2 is 1.92 bits per heavy atom. The number of aryl methyl sites for hydroxylation is 1. The molecular formula is C18H14BrN3O2S. The molecule has 0 aliphatic carbocycles. The third kappa shape index (κ3) is 3.83. The lowest BCUT2D eigenvalue weighted by atomic mass is 10.1. The number of thiocarbonyl (C=S) groups is 1. The average Bonchev–Trinajstić information content (AvgIpc) is 2.56. The second-order valence-electron chi connectivity index (χ2n) is 5.54. The Morgan fingerprint density at radius 1 is 1.20 bits per heavy atom. The average molecular weight is 416 g/mol. The van der Waals surface area contributed by atoms with Gasteiger partial charge in [-0.25, -0.2) is 0 Å². The van der Waals surface area contributed by atoms with Gasteiger partial charge < -0.3 is 5.32 Å². The summed E-state index contributed by atoms with van der Waals surface area (Å²) in [4.78, 5) is 30.6. The first-order valence-corrected chi connectivity index (χ1v) is 8.71. The number of carbonyl (C=O) groups excluding carboxylic acids is 2. The van der Waals surface area contributed by atoms with Crippen LogP contribution in [0.4, 0.5) is 11.4 Å². The highest BCUT2D eigenvalue weighted by atomic mass is 79.9. The molecule has 2 amide bonds. The van der Waals surface area contributed by atoms with E-state index < -0.39 is 17.7 Å². The van der Waals surface area contributed by atoms with Crippen LogP contribution in [0.2, 0.25) is 0 Å². The van der Waals surface area contributed by atoms with Crippen LogP contribution in [0.15, 0.2) is 58.0 Å². The van der Waals surface area contributed by atoms with E-state index in [0.29, 0.717) is 11.4 Å². The summed E-state index contributed by atoms with van der Waals surface area (Å²) in [6.07, 6.45) is 1.35. The molecule has 3 rings (SSSR count). The molecule has 7 heteroatoms. The van der Waals surface area contributed by atoms with Crippen molar-refractivity contribution in [2.24, 2.45) is 10.9 Å². The Labute approximate surface area is 158 Å². The normalized spacial score (nSPS) is 17.9. The molecule has 1 N–H and O–H groups in total. The number of nitrogens with one attached hydrogen (secondary N) is 1. The van der Waals surface area contributed by atoms with Gasteiger partial charge in [0.2, 0.25) is 5.91 Å². The van der Waals surface area contributed by atoms with Gasteiger partial charge in [-0.1, -0.05) is 39.7 Å². The first-order chi connectivity index (χ1) is 12.0. The minimum absolute atomic E-state index is 0.0750. The monoisotopic (exact) mass is 415 g/mol. The Morgan fingerprint density at radius 3 is 2.60 bits per heavy atom. The molecule has 25 heavy (non-hydrogen) atoms. The largest absolute Gasteiger partial charge is 0.301 e. The van der Waals surface area contributed by atoms with E-state index >= 15 is 0 Å². The summed E-state index contributed by atoms with van der Waals surface area (Å²) >= 11 is 8.53. The Bertz CT molecular complexity index is 880. The third-order valence-corrected chi connectivity index (χ3v) is 4.45. The minimum Gasteiger partial charge on any atom is -0.301 e. The molecule has 0 bridgehead atoms. The first-order valence-electron chi connectivity index (χ1n) is 7.51. The molecule has 1 aliphatic rings. The standard InChI is InChI=1S/C18H14BrN3O2S/c1-11-5-7-14(8-6-11)22-17(24)15(16(23)21-18(22)25)10-20-13-4-2-3-12(19)9-13/h2-10,15H,1H3,(H,21,23,25)/t15-/m1/s1. The van der Waals surface area contributed by atoms with Gasteiger partial charge in [-0.2, -0.15) is 0 Å².